The van der Waals surface area contributed by atoms with Crippen molar-refractivity contribution in [1.29, 1.82) is 0 Å². The van der Waals surface area contributed by atoms with Crippen molar-refractivity contribution in [3.63, 3.8) is 0 Å². The van der Waals surface area contributed by atoms with Crippen LogP contribution in [0.4, 0.5) is 0 Å². The summed E-state index contributed by atoms with van der Waals surface area (Å²) >= 11 is 17.9. The molecule has 6 nitrogen and oxygen atoms in total. The lowest BCUT2D eigenvalue weighted by Gasteiger charge is -2.55. The van der Waals surface area contributed by atoms with Crippen LogP contribution in [0, 0.1) is 0 Å². The number of rotatable bonds is 6. The van der Waals surface area contributed by atoms with Gasteiger partial charge >= 0.3 is 0 Å². The van der Waals surface area contributed by atoms with E-state index in [2.05, 4.69) is 25.1 Å². The molecule has 1 aliphatic carbocycles. The van der Waals surface area contributed by atoms with Crippen LogP contribution in [0.3, 0.4) is 0 Å². The summed E-state index contributed by atoms with van der Waals surface area (Å²) in [6, 6.07) is 13.1. The molecule has 2 aromatic rings. The van der Waals surface area contributed by atoms with E-state index in [1.165, 1.54) is 6.42 Å². The number of piperidine rings is 1. The number of likely N-dealkylation sites (tertiary alicyclic amines) is 1. The summed E-state index contributed by atoms with van der Waals surface area (Å²) < 4.78 is 3.29. The highest BCUT2D eigenvalue weighted by Gasteiger charge is 2.54. The minimum atomic E-state index is -0.528. The van der Waals surface area contributed by atoms with Crippen LogP contribution in [0.15, 0.2) is 51.8 Å². The van der Waals surface area contributed by atoms with Crippen molar-refractivity contribution in [1.82, 2.24) is 19.0 Å². The van der Waals surface area contributed by atoms with Crippen molar-refractivity contribution < 1.29 is 9.59 Å². The zero-order valence-corrected chi connectivity index (χ0v) is 25.0. The van der Waals surface area contributed by atoms with E-state index in [1.807, 2.05) is 46.2 Å². The van der Waals surface area contributed by atoms with Gasteiger partial charge in [-0.3, -0.25) is 14.5 Å². The van der Waals surface area contributed by atoms with E-state index in [0.717, 1.165) is 53.7 Å². The maximum atomic E-state index is 14.3. The first-order valence-electron chi connectivity index (χ1n) is 13.4. The Hall–Kier alpha value is -1.29. The fourth-order valence-corrected chi connectivity index (χ4v) is 7.77. The second-order valence-corrected chi connectivity index (χ2v) is 13.5. The van der Waals surface area contributed by atoms with Crippen LogP contribution < -0.4 is 0 Å². The van der Waals surface area contributed by atoms with Crippen LogP contribution in [0.2, 0.25) is 10.0 Å². The van der Waals surface area contributed by atoms with Gasteiger partial charge in [-0.2, -0.15) is 0 Å². The summed E-state index contributed by atoms with van der Waals surface area (Å²) in [5, 5.41) is 1.19. The molecule has 10 heteroatoms. The Morgan fingerprint density at radius 2 is 1.66 bits per heavy atom. The van der Waals surface area contributed by atoms with Crippen molar-refractivity contribution in [2.45, 2.75) is 67.7 Å². The Kier molecular flexibility index (Phi) is 8.00. The number of carbonyl (C=O) groups is 2. The van der Waals surface area contributed by atoms with E-state index < -0.39 is 6.04 Å². The number of carbonyl (C=O) groups excluding carboxylic acids is 2. The van der Waals surface area contributed by atoms with Crippen molar-refractivity contribution in [3.05, 3.63) is 62.5 Å². The average molecular weight is 638 g/mol. The molecule has 0 aromatic heterocycles. The minimum absolute atomic E-state index is 0.0776. The van der Waals surface area contributed by atoms with Gasteiger partial charge in [0.25, 0.3) is 0 Å². The first-order chi connectivity index (χ1) is 18.4. The molecular formula is C28H31BrCl2N4O2S. The van der Waals surface area contributed by atoms with Gasteiger partial charge in [0.15, 0.2) is 0 Å². The summed E-state index contributed by atoms with van der Waals surface area (Å²) in [7, 11) is 0. The second-order valence-electron chi connectivity index (χ2n) is 10.7. The van der Waals surface area contributed by atoms with Gasteiger partial charge in [0, 0.05) is 33.4 Å². The maximum Gasteiger partial charge on any atom is 0.246 e. The molecule has 3 atom stereocenters. The monoisotopic (exact) mass is 636 g/mol. The molecule has 3 saturated heterocycles. The molecule has 0 radical (unpaired) electrons. The lowest BCUT2D eigenvalue weighted by molar-refractivity contribution is -0.170. The van der Waals surface area contributed by atoms with E-state index in [0.29, 0.717) is 29.6 Å². The molecule has 6 rings (SSSR count). The summed E-state index contributed by atoms with van der Waals surface area (Å²) in [6.07, 6.45) is 5.74. The SMILES string of the molecule is O=C1C(Cc2ccc(Br)cc2)N2C(=O)C(N3CCCCC3)CN(Sc3ccc(Cl)cc3Cl)C2CN1C1CC1. The van der Waals surface area contributed by atoms with E-state index in [9.17, 15) is 9.59 Å². The highest BCUT2D eigenvalue weighted by atomic mass is 79.9. The zero-order chi connectivity index (χ0) is 26.4. The Morgan fingerprint density at radius 1 is 0.921 bits per heavy atom. The second kappa shape index (κ2) is 11.3. The molecule has 3 heterocycles. The number of amides is 2. The van der Waals surface area contributed by atoms with E-state index in [-0.39, 0.29) is 30.1 Å². The molecular weight excluding hydrogens is 607 g/mol. The Morgan fingerprint density at radius 3 is 2.34 bits per heavy atom. The Bertz CT molecular complexity index is 1210. The third kappa shape index (κ3) is 5.50. The predicted octanol–water partition coefficient (Wildman–Crippen LogP) is 5.70. The van der Waals surface area contributed by atoms with Crippen LogP contribution in [0.1, 0.15) is 37.7 Å². The van der Waals surface area contributed by atoms with Crippen molar-refractivity contribution in [3.8, 4) is 0 Å². The van der Waals surface area contributed by atoms with Crippen LogP contribution in [0.5, 0.6) is 0 Å². The first-order valence-corrected chi connectivity index (χ1v) is 15.7. The van der Waals surface area contributed by atoms with Crippen LogP contribution in [-0.4, -0.2) is 81.3 Å². The van der Waals surface area contributed by atoms with E-state index in [4.69, 9.17) is 23.2 Å². The van der Waals surface area contributed by atoms with Crippen LogP contribution in [0.25, 0.3) is 0 Å². The topological polar surface area (TPSA) is 47.1 Å². The smallest absolute Gasteiger partial charge is 0.246 e. The maximum absolute atomic E-state index is 14.3. The lowest BCUT2D eigenvalue weighted by Crippen LogP contribution is -2.74. The fraction of sp³-hybridized carbons (Fsp3) is 0.500. The molecule has 202 valence electrons. The average Bonchev–Trinajstić information content (AvgIpc) is 3.75. The minimum Gasteiger partial charge on any atom is -0.334 e. The van der Waals surface area contributed by atoms with E-state index in [1.54, 1.807) is 18.0 Å². The normalized spacial score (nSPS) is 27.1. The molecule has 2 amide bonds. The highest BCUT2D eigenvalue weighted by Crippen LogP contribution is 2.41. The zero-order valence-electron chi connectivity index (χ0n) is 21.1. The molecule has 0 bridgehead atoms. The Labute approximate surface area is 246 Å². The first kappa shape index (κ1) is 26.9. The summed E-state index contributed by atoms with van der Waals surface area (Å²) in [5.74, 6) is 0.163. The molecule has 1 saturated carbocycles. The summed E-state index contributed by atoms with van der Waals surface area (Å²) in [6.45, 7) is 2.95. The van der Waals surface area contributed by atoms with Gasteiger partial charge in [-0.05, 0) is 86.6 Å². The van der Waals surface area contributed by atoms with Crippen molar-refractivity contribution in [2.75, 3.05) is 26.2 Å². The molecule has 0 N–H and O–H groups in total. The standard InChI is InChI=1S/C28H31BrCl2N4O2S/c29-19-6-4-18(5-7-19)14-23-27(36)33(21-9-10-21)17-26-34(38-25-11-8-20(30)15-22(25)31)16-24(28(37)35(23)26)32-12-2-1-3-13-32/h4-8,11,15,21,23-24,26H,1-3,9-10,12-14,16-17H2. The molecule has 4 aliphatic rings. The van der Waals surface area contributed by atoms with Gasteiger partial charge in [-0.15, -0.1) is 0 Å². The van der Waals surface area contributed by atoms with Gasteiger partial charge in [0.1, 0.15) is 18.2 Å². The molecule has 3 aliphatic heterocycles. The fourth-order valence-electron chi connectivity index (χ4n) is 5.96. The predicted molar refractivity (Wildman–Crippen MR) is 155 cm³/mol. The lowest BCUT2D eigenvalue weighted by atomic mass is 9.96. The number of halogens is 3. The van der Waals surface area contributed by atoms with Gasteiger partial charge in [-0.1, -0.05) is 57.7 Å². The quantitative estimate of drug-likeness (QED) is 0.380. The third-order valence-corrected chi connectivity index (χ3v) is 10.4. The van der Waals surface area contributed by atoms with Crippen LogP contribution >= 0.6 is 51.1 Å². The highest BCUT2D eigenvalue weighted by molar-refractivity contribution is 9.10. The number of hydrogen-bond acceptors (Lipinski definition) is 5. The molecule has 4 fully saturated rings. The summed E-state index contributed by atoms with van der Waals surface area (Å²) in [4.78, 5) is 35.4. The number of fused-ring (bicyclic) bond motifs is 1. The number of hydrogen-bond donors (Lipinski definition) is 0. The van der Waals surface area contributed by atoms with Crippen molar-refractivity contribution in [2.24, 2.45) is 0 Å². The summed E-state index contributed by atoms with van der Waals surface area (Å²) in [5.41, 5.74) is 1.05. The number of benzene rings is 2. The molecule has 2 aromatic carbocycles. The van der Waals surface area contributed by atoms with Gasteiger partial charge in [-0.25, -0.2) is 4.31 Å². The molecule has 0 spiro atoms. The third-order valence-electron chi connectivity index (χ3n) is 8.08. The van der Waals surface area contributed by atoms with Gasteiger partial charge < -0.3 is 9.80 Å². The Balaban J connectivity index is 1.37. The molecule has 38 heavy (non-hydrogen) atoms. The van der Waals surface area contributed by atoms with Gasteiger partial charge in [0.05, 0.1) is 11.6 Å². The largest absolute Gasteiger partial charge is 0.334 e. The van der Waals surface area contributed by atoms with E-state index >= 15 is 0 Å². The van der Waals surface area contributed by atoms with Crippen molar-refractivity contribution >= 4 is 62.9 Å². The van der Waals surface area contributed by atoms with Gasteiger partial charge in [0.2, 0.25) is 11.8 Å². The molecule has 3 unspecified atom stereocenters. The van der Waals surface area contributed by atoms with Crippen LogP contribution in [-0.2, 0) is 16.0 Å². The number of piperazine rings is 1. The number of nitrogens with zero attached hydrogens (tertiary/aromatic N) is 4.